The molecule has 11 heavy (non-hydrogen) atoms. The summed E-state index contributed by atoms with van der Waals surface area (Å²) in [6.45, 7) is 0.837. The van der Waals surface area contributed by atoms with Crippen LogP contribution in [0.5, 0.6) is 0 Å². The van der Waals surface area contributed by atoms with Gasteiger partial charge in [0.05, 0.1) is 0 Å². The Morgan fingerprint density at radius 2 is 2.36 bits per heavy atom. The number of rotatable bonds is 3. The Kier molecular flexibility index (Phi) is 1.38. The van der Waals surface area contributed by atoms with E-state index in [0.29, 0.717) is 0 Å². The lowest BCUT2D eigenvalue weighted by atomic mass is 10.2. The van der Waals surface area contributed by atoms with Gasteiger partial charge in [-0.15, -0.1) is 5.10 Å². The van der Waals surface area contributed by atoms with E-state index < -0.39 is 0 Å². The molecule has 5 heteroatoms. The topological polar surface area (TPSA) is 69.6 Å². The predicted molar refractivity (Wildman–Crippen MR) is 38.6 cm³/mol. The van der Waals surface area contributed by atoms with Gasteiger partial charge in [0.2, 0.25) is 0 Å². The van der Waals surface area contributed by atoms with Gasteiger partial charge in [-0.2, -0.15) is 0 Å². The summed E-state index contributed by atoms with van der Waals surface area (Å²) in [5.41, 5.74) is 5.98. The third kappa shape index (κ3) is 1.54. The molecule has 1 aromatic rings. The number of aromatic nitrogens is 4. The molecule has 0 aromatic carbocycles. The normalized spacial score (nSPS) is 20.1. The van der Waals surface area contributed by atoms with E-state index in [1.54, 1.807) is 11.0 Å². The average molecular weight is 153 g/mol. The highest BCUT2D eigenvalue weighted by Gasteiger charge is 2.37. The van der Waals surface area contributed by atoms with Crippen molar-refractivity contribution in [3.05, 3.63) is 6.33 Å². The number of nitrogens with two attached hydrogens (primary N) is 1. The number of hydrogen-bond donors (Lipinski definition) is 1. The Labute approximate surface area is 64.6 Å². The van der Waals surface area contributed by atoms with Crippen molar-refractivity contribution < 1.29 is 0 Å². The lowest BCUT2D eigenvalue weighted by Crippen LogP contribution is -2.23. The first-order valence-corrected chi connectivity index (χ1v) is 3.78. The zero-order valence-electron chi connectivity index (χ0n) is 6.27. The van der Waals surface area contributed by atoms with Crippen LogP contribution < -0.4 is 5.73 Å². The maximum atomic E-state index is 5.88. The van der Waals surface area contributed by atoms with Gasteiger partial charge in [0.1, 0.15) is 6.33 Å². The third-order valence-corrected chi connectivity index (χ3v) is 2.12. The lowest BCUT2D eigenvalue weighted by Gasteiger charge is -2.05. The highest BCUT2D eigenvalue weighted by molar-refractivity contribution is 4.97. The SMILES string of the molecule is NC1(CCn2cnnn2)CC1. The number of tetrazole rings is 1. The second kappa shape index (κ2) is 2.27. The molecular weight excluding hydrogens is 142 g/mol. The van der Waals surface area contributed by atoms with E-state index in [1.165, 1.54) is 0 Å². The van der Waals surface area contributed by atoms with Crippen molar-refractivity contribution in [1.29, 1.82) is 0 Å². The van der Waals surface area contributed by atoms with Crippen LogP contribution in [0, 0.1) is 0 Å². The van der Waals surface area contributed by atoms with E-state index in [9.17, 15) is 0 Å². The second-order valence-corrected chi connectivity index (χ2v) is 3.19. The van der Waals surface area contributed by atoms with Crippen LogP contribution in [0.25, 0.3) is 0 Å². The zero-order valence-corrected chi connectivity index (χ0v) is 6.27. The maximum Gasteiger partial charge on any atom is 0.138 e. The minimum Gasteiger partial charge on any atom is -0.325 e. The van der Waals surface area contributed by atoms with E-state index >= 15 is 0 Å². The number of aryl methyl sites for hydroxylation is 1. The summed E-state index contributed by atoms with van der Waals surface area (Å²) in [7, 11) is 0. The molecule has 1 aliphatic carbocycles. The van der Waals surface area contributed by atoms with Gasteiger partial charge in [0, 0.05) is 12.1 Å². The van der Waals surface area contributed by atoms with Crippen molar-refractivity contribution in [2.24, 2.45) is 5.73 Å². The van der Waals surface area contributed by atoms with Gasteiger partial charge in [-0.3, -0.25) is 0 Å². The van der Waals surface area contributed by atoms with Crippen molar-refractivity contribution in [1.82, 2.24) is 20.2 Å². The van der Waals surface area contributed by atoms with Crippen LogP contribution in [0.2, 0.25) is 0 Å². The summed E-state index contributed by atoms with van der Waals surface area (Å²) in [4.78, 5) is 0. The van der Waals surface area contributed by atoms with Gasteiger partial charge in [-0.05, 0) is 29.7 Å². The van der Waals surface area contributed by atoms with Crippen LogP contribution in [0.4, 0.5) is 0 Å². The molecule has 0 saturated heterocycles. The Bertz CT molecular complexity index is 225. The Hall–Kier alpha value is -0.970. The number of hydrogen-bond acceptors (Lipinski definition) is 4. The number of nitrogens with zero attached hydrogens (tertiary/aromatic N) is 4. The Morgan fingerprint density at radius 3 is 2.91 bits per heavy atom. The molecule has 1 saturated carbocycles. The van der Waals surface area contributed by atoms with Crippen molar-refractivity contribution in [2.75, 3.05) is 0 Å². The van der Waals surface area contributed by atoms with Crippen LogP contribution in [-0.2, 0) is 6.54 Å². The van der Waals surface area contributed by atoms with Crippen LogP contribution in [-0.4, -0.2) is 25.7 Å². The first-order valence-electron chi connectivity index (χ1n) is 3.78. The Morgan fingerprint density at radius 1 is 1.55 bits per heavy atom. The maximum absolute atomic E-state index is 5.88. The molecule has 0 radical (unpaired) electrons. The highest BCUT2D eigenvalue weighted by Crippen LogP contribution is 2.35. The zero-order chi connectivity index (χ0) is 7.73. The molecule has 2 rings (SSSR count). The molecule has 1 aliphatic rings. The highest BCUT2D eigenvalue weighted by atomic mass is 15.5. The predicted octanol–water partition coefficient (Wildman–Crippen LogP) is -0.446. The van der Waals surface area contributed by atoms with Crippen LogP contribution in [0.1, 0.15) is 19.3 Å². The minimum atomic E-state index is 0.103. The fourth-order valence-corrected chi connectivity index (χ4v) is 1.03. The summed E-state index contributed by atoms with van der Waals surface area (Å²) < 4.78 is 1.72. The van der Waals surface area contributed by atoms with E-state index in [2.05, 4.69) is 15.5 Å². The second-order valence-electron chi connectivity index (χ2n) is 3.19. The molecule has 1 fully saturated rings. The van der Waals surface area contributed by atoms with Crippen LogP contribution in [0.3, 0.4) is 0 Å². The van der Waals surface area contributed by atoms with Gasteiger partial charge >= 0.3 is 0 Å². The molecule has 2 N–H and O–H groups in total. The quantitative estimate of drug-likeness (QED) is 0.638. The molecule has 0 unspecified atom stereocenters. The smallest absolute Gasteiger partial charge is 0.138 e. The fraction of sp³-hybridized carbons (Fsp3) is 0.833. The first kappa shape index (κ1) is 6.72. The summed E-state index contributed by atoms with van der Waals surface area (Å²) >= 11 is 0. The van der Waals surface area contributed by atoms with Crippen LogP contribution >= 0.6 is 0 Å². The van der Waals surface area contributed by atoms with E-state index in [4.69, 9.17) is 5.73 Å². The molecule has 1 aromatic heterocycles. The van der Waals surface area contributed by atoms with Gasteiger partial charge in [-0.1, -0.05) is 0 Å². The van der Waals surface area contributed by atoms with Gasteiger partial charge < -0.3 is 5.73 Å². The first-order chi connectivity index (χ1) is 5.29. The van der Waals surface area contributed by atoms with E-state index in [-0.39, 0.29) is 5.54 Å². The van der Waals surface area contributed by atoms with Crippen LogP contribution in [0.15, 0.2) is 6.33 Å². The summed E-state index contributed by atoms with van der Waals surface area (Å²) in [6.07, 6.45) is 4.90. The third-order valence-electron chi connectivity index (χ3n) is 2.12. The van der Waals surface area contributed by atoms with Gasteiger partial charge in [0.25, 0.3) is 0 Å². The van der Waals surface area contributed by atoms with E-state index in [1.807, 2.05) is 0 Å². The average Bonchev–Trinajstić information content (AvgIpc) is 2.53. The molecule has 0 bridgehead atoms. The summed E-state index contributed by atoms with van der Waals surface area (Å²) in [5.74, 6) is 0. The molecule has 60 valence electrons. The van der Waals surface area contributed by atoms with Crippen molar-refractivity contribution >= 4 is 0 Å². The minimum absolute atomic E-state index is 0.103. The molecular formula is C6H11N5. The molecule has 0 atom stereocenters. The lowest BCUT2D eigenvalue weighted by molar-refractivity contribution is 0.491. The molecule has 0 aliphatic heterocycles. The monoisotopic (exact) mass is 153 g/mol. The van der Waals surface area contributed by atoms with Crippen molar-refractivity contribution in [3.63, 3.8) is 0 Å². The molecule has 0 spiro atoms. The Balaban J connectivity index is 1.83. The molecule has 0 amide bonds. The molecule has 5 nitrogen and oxygen atoms in total. The largest absolute Gasteiger partial charge is 0.325 e. The van der Waals surface area contributed by atoms with Gasteiger partial charge in [0.15, 0.2) is 0 Å². The summed E-state index contributed by atoms with van der Waals surface area (Å²) in [5, 5.41) is 10.8. The van der Waals surface area contributed by atoms with Gasteiger partial charge in [-0.25, -0.2) is 4.68 Å². The van der Waals surface area contributed by atoms with Crippen molar-refractivity contribution in [3.8, 4) is 0 Å². The molecule has 1 heterocycles. The van der Waals surface area contributed by atoms with Crippen molar-refractivity contribution in [2.45, 2.75) is 31.3 Å². The fourth-order valence-electron chi connectivity index (χ4n) is 1.03. The standard InChI is InChI=1S/C6H11N5/c7-6(1-2-6)3-4-11-5-8-9-10-11/h5H,1-4,7H2. The summed E-state index contributed by atoms with van der Waals surface area (Å²) in [6, 6.07) is 0. The van der Waals surface area contributed by atoms with E-state index in [0.717, 1.165) is 25.8 Å².